The predicted octanol–water partition coefficient (Wildman–Crippen LogP) is 2.42. The standard InChI is InChI=1S/C14H10N4O/c1-2-12-10(3-6-15-12)9-11(1)19-14-5-7-16-13-4-8-17-18(13)14/h1-9,15H/p+1. The van der Waals surface area contributed by atoms with Crippen molar-refractivity contribution in [3.05, 3.63) is 55.0 Å². The van der Waals surface area contributed by atoms with Gasteiger partial charge in [0.2, 0.25) is 0 Å². The molecule has 4 aromatic rings. The molecule has 0 amide bonds. The summed E-state index contributed by atoms with van der Waals surface area (Å²) in [4.78, 5) is 7.39. The molecule has 0 unspecified atom stereocenters. The van der Waals surface area contributed by atoms with Gasteiger partial charge in [0, 0.05) is 23.3 Å². The summed E-state index contributed by atoms with van der Waals surface area (Å²) in [5.74, 6) is 1.49. The molecule has 19 heavy (non-hydrogen) atoms. The fourth-order valence-corrected chi connectivity index (χ4v) is 2.15. The largest absolute Gasteiger partial charge is 0.421 e. The van der Waals surface area contributed by atoms with Crippen LogP contribution in [0.15, 0.2) is 55.0 Å². The summed E-state index contributed by atoms with van der Waals surface area (Å²) in [5, 5.41) is 4.19. The molecule has 2 N–H and O–H groups in total. The first-order chi connectivity index (χ1) is 9.40. The molecule has 1 aromatic carbocycles. The maximum absolute atomic E-state index is 5.91. The Hall–Kier alpha value is -2.82. The number of aromatic nitrogens is 4. The molecule has 0 radical (unpaired) electrons. The van der Waals surface area contributed by atoms with Crippen LogP contribution in [-0.4, -0.2) is 15.1 Å². The van der Waals surface area contributed by atoms with Crippen LogP contribution in [0.2, 0.25) is 0 Å². The molecule has 3 heterocycles. The first kappa shape index (κ1) is 10.1. The van der Waals surface area contributed by atoms with E-state index in [2.05, 4.69) is 15.1 Å². The van der Waals surface area contributed by atoms with E-state index in [9.17, 15) is 0 Å². The van der Waals surface area contributed by atoms with Gasteiger partial charge in [-0.05, 0) is 29.2 Å². The second-order valence-corrected chi connectivity index (χ2v) is 4.27. The Morgan fingerprint density at radius 2 is 2.05 bits per heavy atom. The van der Waals surface area contributed by atoms with Gasteiger partial charge < -0.3 is 9.72 Å². The average molecular weight is 251 g/mol. The van der Waals surface area contributed by atoms with E-state index in [-0.39, 0.29) is 0 Å². The molecule has 0 bridgehead atoms. The summed E-state index contributed by atoms with van der Waals surface area (Å²) in [6.07, 6.45) is 5.47. The lowest BCUT2D eigenvalue weighted by molar-refractivity contribution is -0.585. The van der Waals surface area contributed by atoms with E-state index in [1.807, 2.05) is 48.8 Å². The molecule has 4 rings (SSSR count). The van der Waals surface area contributed by atoms with E-state index in [1.165, 1.54) is 0 Å². The number of ether oxygens (including phenoxy) is 1. The molecule has 0 saturated carbocycles. The molecule has 0 atom stereocenters. The Labute approximate surface area is 108 Å². The molecular weight excluding hydrogens is 240 g/mol. The molecule has 5 nitrogen and oxygen atoms in total. The lowest BCUT2D eigenvalue weighted by atomic mass is 10.2. The molecule has 0 fully saturated rings. The van der Waals surface area contributed by atoms with Gasteiger partial charge in [-0.15, -0.1) is 0 Å². The van der Waals surface area contributed by atoms with Crippen molar-refractivity contribution in [1.29, 1.82) is 0 Å². The summed E-state index contributed by atoms with van der Waals surface area (Å²) in [7, 11) is 0. The number of nitrogens with one attached hydrogen (secondary N) is 2. The van der Waals surface area contributed by atoms with E-state index < -0.39 is 0 Å². The van der Waals surface area contributed by atoms with Crippen LogP contribution in [0.5, 0.6) is 11.6 Å². The summed E-state index contributed by atoms with van der Waals surface area (Å²) < 4.78 is 7.70. The molecule has 5 heteroatoms. The Balaban J connectivity index is 1.79. The van der Waals surface area contributed by atoms with Crippen LogP contribution in [0.4, 0.5) is 0 Å². The van der Waals surface area contributed by atoms with Crippen molar-refractivity contribution in [2.45, 2.75) is 0 Å². The molecule has 0 aliphatic carbocycles. The molecule has 0 aliphatic rings. The quantitative estimate of drug-likeness (QED) is 0.537. The number of benzene rings is 1. The zero-order chi connectivity index (χ0) is 12.7. The van der Waals surface area contributed by atoms with Crippen molar-refractivity contribution in [3.8, 4) is 11.6 Å². The monoisotopic (exact) mass is 251 g/mol. The molecular formula is C14H11N4O+. The highest BCUT2D eigenvalue weighted by atomic mass is 16.5. The third-order valence-corrected chi connectivity index (χ3v) is 3.06. The highest BCUT2D eigenvalue weighted by Crippen LogP contribution is 2.23. The number of fused-ring (bicyclic) bond motifs is 2. The van der Waals surface area contributed by atoms with Crippen LogP contribution >= 0.6 is 0 Å². The molecule has 0 spiro atoms. The number of aromatic amines is 2. The average Bonchev–Trinajstić information content (AvgIpc) is 3.06. The Bertz CT molecular complexity index is 862. The fraction of sp³-hybridized carbons (Fsp3) is 0. The van der Waals surface area contributed by atoms with Crippen molar-refractivity contribution in [2.75, 3.05) is 0 Å². The second-order valence-electron chi connectivity index (χ2n) is 4.27. The van der Waals surface area contributed by atoms with Gasteiger partial charge in [0.25, 0.3) is 0 Å². The maximum Gasteiger partial charge on any atom is 0.350 e. The van der Waals surface area contributed by atoms with Crippen LogP contribution in [0.3, 0.4) is 0 Å². The van der Waals surface area contributed by atoms with E-state index in [4.69, 9.17) is 4.74 Å². The minimum atomic E-state index is 0.699. The Morgan fingerprint density at radius 3 is 3.05 bits per heavy atom. The van der Waals surface area contributed by atoms with Crippen molar-refractivity contribution >= 4 is 16.6 Å². The molecule has 0 saturated heterocycles. The minimum Gasteiger partial charge on any atom is -0.421 e. The van der Waals surface area contributed by atoms with Gasteiger partial charge in [-0.1, -0.05) is 4.52 Å². The smallest absolute Gasteiger partial charge is 0.350 e. The third-order valence-electron chi connectivity index (χ3n) is 3.06. The van der Waals surface area contributed by atoms with E-state index in [0.717, 1.165) is 22.3 Å². The van der Waals surface area contributed by atoms with Gasteiger partial charge in [-0.3, -0.25) is 0 Å². The maximum atomic E-state index is 5.91. The summed E-state index contributed by atoms with van der Waals surface area (Å²) in [5.41, 5.74) is 1.92. The minimum absolute atomic E-state index is 0.699. The normalized spacial score (nSPS) is 11.2. The van der Waals surface area contributed by atoms with Crippen molar-refractivity contribution in [1.82, 2.24) is 15.1 Å². The Kier molecular flexibility index (Phi) is 2.05. The molecule has 0 aliphatic heterocycles. The second kappa shape index (κ2) is 3.84. The molecule has 3 aromatic heterocycles. The van der Waals surface area contributed by atoms with Crippen molar-refractivity contribution < 1.29 is 9.25 Å². The van der Waals surface area contributed by atoms with Crippen LogP contribution in [-0.2, 0) is 0 Å². The van der Waals surface area contributed by atoms with Crippen LogP contribution in [0.1, 0.15) is 0 Å². The van der Waals surface area contributed by atoms with E-state index in [1.54, 1.807) is 10.7 Å². The number of rotatable bonds is 2. The topological polar surface area (TPSA) is 57.8 Å². The lowest BCUT2D eigenvalue weighted by Crippen LogP contribution is -2.25. The number of nitrogens with zero attached hydrogens (tertiary/aromatic N) is 2. The predicted molar refractivity (Wildman–Crippen MR) is 70.1 cm³/mol. The first-order valence-corrected chi connectivity index (χ1v) is 5.99. The number of H-pyrrole nitrogens is 2. The number of hydrogen-bond acceptors (Lipinski definition) is 2. The highest BCUT2D eigenvalue weighted by Gasteiger charge is 2.12. The van der Waals surface area contributed by atoms with E-state index in [0.29, 0.717) is 5.88 Å². The summed E-state index contributed by atoms with van der Waals surface area (Å²) in [6.45, 7) is 0. The zero-order valence-electron chi connectivity index (χ0n) is 10.00. The number of hydrogen-bond donors (Lipinski definition) is 2. The lowest BCUT2D eigenvalue weighted by Gasteiger charge is -2.02. The fourth-order valence-electron chi connectivity index (χ4n) is 2.15. The van der Waals surface area contributed by atoms with Crippen molar-refractivity contribution in [2.24, 2.45) is 0 Å². The van der Waals surface area contributed by atoms with Gasteiger partial charge in [0.1, 0.15) is 11.9 Å². The van der Waals surface area contributed by atoms with Gasteiger partial charge in [-0.25, -0.2) is 5.10 Å². The van der Waals surface area contributed by atoms with Gasteiger partial charge in [-0.2, -0.15) is 0 Å². The van der Waals surface area contributed by atoms with Gasteiger partial charge >= 0.3 is 11.5 Å². The van der Waals surface area contributed by atoms with E-state index >= 15 is 0 Å². The SMILES string of the molecule is c1cc(Oc2ccc3[nH]ccc3c2)[n+]2[nH]ccc2n1. The Morgan fingerprint density at radius 1 is 1.05 bits per heavy atom. The van der Waals surface area contributed by atoms with Crippen molar-refractivity contribution in [3.63, 3.8) is 0 Å². The van der Waals surface area contributed by atoms with Gasteiger partial charge in [0.15, 0.2) is 0 Å². The third kappa shape index (κ3) is 1.63. The summed E-state index contributed by atoms with van der Waals surface area (Å²) in [6, 6.07) is 11.7. The van der Waals surface area contributed by atoms with Crippen LogP contribution < -0.4 is 9.25 Å². The van der Waals surface area contributed by atoms with Gasteiger partial charge in [0.05, 0.1) is 12.1 Å². The zero-order valence-corrected chi connectivity index (χ0v) is 10.00. The summed E-state index contributed by atoms with van der Waals surface area (Å²) >= 11 is 0. The highest BCUT2D eigenvalue weighted by molar-refractivity contribution is 5.80. The van der Waals surface area contributed by atoms with Crippen LogP contribution in [0.25, 0.3) is 16.6 Å². The molecule has 92 valence electrons. The first-order valence-electron chi connectivity index (χ1n) is 5.99. The van der Waals surface area contributed by atoms with Crippen LogP contribution in [0, 0.1) is 0 Å².